The van der Waals surface area contributed by atoms with Crippen LogP contribution in [-0.2, 0) is 0 Å². The van der Waals surface area contributed by atoms with Gasteiger partial charge in [0.2, 0.25) is 0 Å². The summed E-state index contributed by atoms with van der Waals surface area (Å²) < 4.78 is 13.1. The second-order valence-electron chi connectivity index (χ2n) is 6.38. The fourth-order valence-electron chi connectivity index (χ4n) is 3.69. The van der Waals surface area contributed by atoms with E-state index in [0.29, 0.717) is 6.04 Å². The molecule has 106 valence electrons. The quantitative estimate of drug-likeness (QED) is 0.651. The van der Waals surface area contributed by atoms with E-state index in [1.807, 2.05) is 0 Å². The zero-order valence-electron chi connectivity index (χ0n) is 12.0. The largest absolute Gasteiger partial charge is 0.300 e. The zero-order chi connectivity index (χ0) is 12.8. The molecule has 2 aliphatic rings. The molecule has 2 fully saturated rings. The van der Waals surface area contributed by atoms with Crippen LogP contribution in [-0.4, -0.2) is 30.2 Å². The van der Waals surface area contributed by atoms with Crippen molar-refractivity contribution in [2.24, 2.45) is 5.92 Å². The Morgan fingerprint density at radius 1 is 0.944 bits per heavy atom. The van der Waals surface area contributed by atoms with Crippen molar-refractivity contribution >= 4 is 0 Å². The van der Waals surface area contributed by atoms with E-state index >= 15 is 0 Å². The van der Waals surface area contributed by atoms with Crippen molar-refractivity contribution in [2.45, 2.75) is 83.3 Å². The molecule has 0 aromatic heterocycles. The highest BCUT2D eigenvalue weighted by Crippen LogP contribution is 2.30. The normalized spacial score (nSPS) is 31.7. The van der Waals surface area contributed by atoms with Gasteiger partial charge < -0.3 is 4.90 Å². The topological polar surface area (TPSA) is 3.24 Å². The minimum atomic E-state index is -0.507. The number of rotatable bonds is 5. The van der Waals surface area contributed by atoms with Crippen LogP contribution in [0.15, 0.2) is 0 Å². The summed E-state index contributed by atoms with van der Waals surface area (Å²) >= 11 is 0. The van der Waals surface area contributed by atoms with Crippen molar-refractivity contribution in [1.29, 1.82) is 0 Å². The highest BCUT2D eigenvalue weighted by molar-refractivity contribution is 4.83. The summed E-state index contributed by atoms with van der Waals surface area (Å²) in [5.74, 6) is 0.977. The molecule has 1 saturated carbocycles. The lowest BCUT2D eigenvalue weighted by Crippen LogP contribution is -2.43. The molecule has 18 heavy (non-hydrogen) atoms. The number of piperidine rings is 1. The standard InChI is InChI=1S/C16H30FN/c1-2-3-4-5-14-10-12-18(13-11-14)16-8-6-15(17)7-9-16/h14-16H,2-13H2,1H3. The molecule has 1 aliphatic heterocycles. The van der Waals surface area contributed by atoms with E-state index in [1.165, 1.54) is 51.6 Å². The molecule has 1 heterocycles. The molecule has 0 radical (unpaired) electrons. The summed E-state index contributed by atoms with van der Waals surface area (Å²) in [6.07, 6.45) is 11.7. The average Bonchev–Trinajstić information content (AvgIpc) is 2.41. The minimum Gasteiger partial charge on any atom is -0.300 e. The molecule has 0 spiro atoms. The van der Waals surface area contributed by atoms with Crippen molar-refractivity contribution in [1.82, 2.24) is 4.90 Å². The Balaban J connectivity index is 1.63. The fourth-order valence-corrected chi connectivity index (χ4v) is 3.69. The first kappa shape index (κ1) is 14.3. The molecule has 2 heteroatoms. The van der Waals surface area contributed by atoms with Crippen LogP contribution in [0.3, 0.4) is 0 Å². The Kier molecular flexibility index (Phi) is 5.94. The lowest BCUT2D eigenvalue weighted by molar-refractivity contribution is 0.0834. The maximum Gasteiger partial charge on any atom is 0.100 e. The first-order valence-electron chi connectivity index (χ1n) is 8.17. The van der Waals surface area contributed by atoms with Crippen LogP contribution in [0.5, 0.6) is 0 Å². The lowest BCUT2D eigenvalue weighted by Gasteiger charge is -2.40. The minimum absolute atomic E-state index is 0.507. The number of hydrogen-bond donors (Lipinski definition) is 0. The summed E-state index contributed by atoms with van der Waals surface area (Å²) in [6, 6.07) is 0.702. The van der Waals surface area contributed by atoms with Gasteiger partial charge in [0, 0.05) is 6.04 Å². The number of alkyl halides is 1. The number of hydrogen-bond acceptors (Lipinski definition) is 1. The van der Waals surface area contributed by atoms with E-state index < -0.39 is 6.17 Å². The van der Waals surface area contributed by atoms with Crippen molar-refractivity contribution in [3.05, 3.63) is 0 Å². The summed E-state index contributed by atoms with van der Waals surface area (Å²) in [4.78, 5) is 2.65. The molecule has 0 bridgehead atoms. The number of unbranched alkanes of at least 4 members (excludes halogenated alkanes) is 2. The third kappa shape index (κ3) is 4.22. The van der Waals surface area contributed by atoms with Crippen LogP contribution in [0.1, 0.15) is 71.1 Å². The molecule has 1 aliphatic carbocycles. The number of nitrogens with zero attached hydrogens (tertiary/aromatic N) is 1. The summed E-state index contributed by atoms with van der Waals surface area (Å²) in [5, 5.41) is 0. The van der Waals surface area contributed by atoms with E-state index in [-0.39, 0.29) is 0 Å². The summed E-state index contributed by atoms with van der Waals surface area (Å²) in [7, 11) is 0. The third-order valence-corrected chi connectivity index (χ3v) is 5.01. The maximum absolute atomic E-state index is 13.1. The van der Waals surface area contributed by atoms with Crippen LogP contribution >= 0.6 is 0 Å². The molecule has 1 saturated heterocycles. The van der Waals surface area contributed by atoms with Crippen molar-refractivity contribution in [3.63, 3.8) is 0 Å². The van der Waals surface area contributed by atoms with Gasteiger partial charge in [-0.15, -0.1) is 0 Å². The van der Waals surface area contributed by atoms with Gasteiger partial charge in [-0.05, 0) is 57.5 Å². The molecular weight excluding hydrogens is 225 g/mol. The molecule has 0 atom stereocenters. The molecule has 0 N–H and O–H groups in total. The predicted molar refractivity (Wildman–Crippen MR) is 75.6 cm³/mol. The Morgan fingerprint density at radius 3 is 2.22 bits per heavy atom. The van der Waals surface area contributed by atoms with Gasteiger partial charge in [-0.3, -0.25) is 0 Å². The molecular formula is C16H30FN. The second kappa shape index (κ2) is 7.47. The molecule has 0 aromatic carbocycles. The predicted octanol–water partition coefficient (Wildman–Crippen LogP) is 4.56. The Labute approximate surface area is 112 Å². The fraction of sp³-hybridized carbons (Fsp3) is 1.00. The second-order valence-corrected chi connectivity index (χ2v) is 6.38. The highest BCUT2D eigenvalue weighted by atomic mass is 19.1. The van der Waals surface area contributed by atoms with Crippen LogP contribution in [0, 0.1) is 5.92 Å². The third-order valence-electron chi connectivity index (χ3n) is 5.01. The van der Waals surface area contributed by atoms with Crippen molar-refractivity contribution < 1.29 is 4.39 Å². The van der Waals surface area contributed by atoms with Gasteiger partial charge in [-0.1, -0.05) is 32.6 Å². The smallest absolute Gasteiger partial charge is 0.100 e. The Bertz CT molecular complexity index is 215. The SMILES string of the molecule is CCCCCC1CCN(C2CCC(F)CC2)CC1. The van der Waals surface area contributed by atoms with Crippen LogP contribution in [0.25, 0.3) is 0 Å². The average molecular weight is 255 g/mol. The number of halogens is 1. The molecule has 0 aromatic rings. The van der Waals surface area contributed by atoms with Gasteiger partial charge >= 0.3 is 0 Å². The lowest BCUT2D eigenvalue weighted by atomic mass is 9.87. The highest BCUT2D eigenvalue weighted by Gasteiger charge is 2.28. The van der Waals surface area contributed by atoms with Crippen LogP contribution in [0.4, 0.5) is 4.39 Å². The van der Waals surface area contributed by atoms with Crippen molar-refractivity contribution in [2.75, 3.05) is 13.1 Å². The summed E-state index contributed by atoms with van der Waals surface area (Å²) in [6.45, 7) is 4.83. The van der Waals surface area contributed by atoms with Crippen LogP contribution < -0.4 is 0 Å². The van der Waals surface area contributed by atoms with E-state index in [1.54, 1.807) is 0 Å². The summed E-state index contributed by atoms with van der Waals surface area (Å²) in [5.41, 5.74) is 0. The van der Waals surface area contributed by atoms with Gasteiger partial charge in [0.1, 0.15) is 6.17 Å². The van der Waals surface area contributed by atoms with Gasteiger partial charge in [-0.2, -0.15) is 0 Å². The molecule has 1 nitrogen and oxygen atoms in total. The molecule has 2 rings (SSSR count). The van der Waals surface area contributed by atoms with Gasteiger partial charge in [-0.25, -0.2) is 4.39 Å². The zero-order valence-corrected chi connectivity index (χ0v) is 12.0. The van der Waals surface area contributed by atoms with Gasteiger partial charge in [0.25, 0.3) is 0 Å². The maximum atomic E-state index is 13.1. The van der Waals surface area contributed by atoms with Gasteiger partial charge in [0.05, 0.1) is 0 Å². The Hall–Kier alpha value is -0.110. The first-order chi connectivity index (χ1) is 8.79. The van der Waals surface area contributed by atoms with Gasteiger partial charge in [0.15, 0.2) is 0 Å². The van der Waals surface area contributed by atoms with E-state index in [0.717, 1.165) is 31.6 Å². The first-order valence-corrected chi connectivity index (χ1v) is 8.17. The van der Waals surface area contributed by atoms with E-state index in [4.69, 9.17) is 0 Å². The molecule has 0 unspecified atom stereocenters. The van der Waals surface area contributed by atoms with Crippen molar-refractivity contribution in [3.8, 4) is 0 Å². The Morgan fingerprint density at radius 2 is 1.61 bits per heavy atom. The van der Waals surface area contributed by atoms with E-state index in [9.17, 15) is 4.39 Å². The monoisotopic (exact) mass is 255 g/mol. The van der Waals surface area contributed by atoms with Crippen LogP contribution in [0.2, 0.25) is 0 Å². The molecule has 0 amide bonds. The van der Waals surface area contributed by atoms with E-state index in [2.05, 4.69) is 11.8 Å². The number of likely N-dealkylation sites (tertiary alicyclic amines) is 1.